The van der Waals surface area contributed by atoms with Crippen molar-refractivity contribution in [2.45, 2.75) is 0 Å². The molecule has 2 rings (SSSR count). The Labute approximate surface area is 127 Å². The minimum Gasteiger partial charge on any atom is -0.497 e. The number of methoxy groups -OCH3 is 1. The van der Waals surface area contributed by atoms with Gasteiger partial charge in [0.25, 0.3) is 5.91 Å². The van der Waals surface area contributed by atoms with E-state index in [0.717, 1.165) is 0 Å². The number of amides is 1. The van der Waals surface area contributed by atoms with Gasteiger partial charge in [-0.3, -0.25) is 4.79 Å². The van der Waals surface area contributed by atoms with Crippen LogP contribution in [0.2, 0.25) is 0 Å². The molecule has 0 bridgehead atoms. The van der Waals surface area contributed by atoms with Crippen LogP contribution in [0.4, 0.5) is 10.1 Å². The maximum absolute atomic E-state index is 13.6. The van der Waals surface area contributed by atoms with Gasteiger partial charge in [0, 0.05) is 17.3 Å². The summed E-state index contributed by atoms with van der Waals surface area (Å²) in [5.41, 5.74) is 0.479. The summed E-state index contributed by atoms with van der Waals surface area (Å²) in [6.07, 6.45) is 1.21. The first-order valence-corrected chi connectivity index (χ1v) is 6.46. The molecule has 0 aromatic heterocycles. The van der Waals surface area contributed by atoms with Gasteiger partial charge in [0.05, 0.1) is 7.11 Å². The third-order valence-electron chi connectivity index (χ3n) is 2.90. The van der Waals surface area contributed by atoms with Gasteiger partial charge in [0.2, 0.25) is 0 Å². The molecule has 0 heterocycles. The molecule has 2 aromatic rings. The van der Waals surface area contributed by atoms with Crippen molar-refractivity contribution in [2.75, 3.05) is 12.4 Å². The van der Waals surface area contributed by atoms with E-state index in [9.17, 15) is 9.18 Å². The highest BCUT2D eigenvalue weighted by Crippen LogP contribution is 2.18. The smallest absolute Gasteiger partial charge is 0.266 e. The number of carbonyl (C=O) groups excluding carboxylic acids is 1. The second-order valence-corrected chi connectivity index (χ2v) is 4.38. The second kappa shape index (κ2) is 7.04. The van der Waals surface area contributed by atoms with Gasteiger partial charge in [-0.15, -0.1) is 0 Å². The number of hydrogen-bond acceptors (Lipinski definition) is 3. The van der Waals surface area contributed by atoms with Crippen LogP contribution < -0.4 is 10.1 Å². The van der Waals surface area contributed by atoms with Crippen LogP contribution in [0.25, 0.3) is 6.08 Å². The third-order valence-corrected chi connectivity index (χ3v) is 2.90. The number of carbonyl (C=O) groups is 1. The van der Waals surface area contributed by atoms with Crippen LogP contribution >= 0.6 is 0 Å². The number of nitrogens with zero attached hydrogens (tertiary/aromatic N) is 1. The molecule has 0 fully saturated rings. The van der Waals surface area contributed by atoms with E-state index >= 15 is 0 Å². The van der Waals surface area contributed by atoms with Gasteiger partial charge in [-0.2, -0.15) is 5.26 Å². The monoisotopic (exact) mass is 296 g/mol. The van der Waals surface area contributed by atoms with Gasteiger partial charge in [-0.05, 0) is 24.3 Å². The highest BCUT2D eigenvalue weighted by molar-refractivity contribution is 6.09. The summed E-state index contributed by atoms with van der Waals surface area (Å²) in [4.78, 5) is 12.1. The van der Waals surface area contributed by atoms with Crippen molar-refractivity contribution in [3.63, 3.8) is 0 Å². The highest BCUT2D eigenvalue weighted by atomic mass is 19.1. The molecule has 0 aliphatic rings. The van der Waals surface area contributed by atoms with Gasteiger partial charge in [-0.25, -0.2) is 4.39 Å². The zero-order valence-corrected chi connectivity index (χ0v) is 11.8. The molecule has 0 atom stereocenters. The lowest BCUT2D eigenvalue weighted by atomic mass is 10.1. The number of nitriles is 1. The number of nitrogens with one attached hydrogen (secondary N) is 1. The first-order valence-electron chi connectivity index (χ1n) is 6.46. The summed E-state index contributed by atoms with van der Waals surface area (Å²) in [6, 6.07) is 14.4. The van der Waals surface area contributed by atoms with Crippen LogP contribution in [0.3, 0.4) is 0 Å². The summed E-state index contributed by atoms with van der Waals surface area (Å²) < 4.78 is 18.6. The van der Waals surface area contributed by atoms with Crippen molar-refractivity contribution in [3.8, 4) is 11.8 Å². The van der Waals surface area contributed by atoms with Gasteiger partial charge in [0.1, 0.15) is 23.2 Å². The van der Waals surface area contributed by atoms with E-state index in [2.05, 4.69) is 5.32 Å². The molecule has 1 amide bonds. The second-order valence-electron chi connectivity index (χ2n) is 4.38. The van der Waals surface area contributed by atoms with Crippen LogP contribution in [0.5, 0.6) is 5.75 Å². The lowest BCUT2D eigenvalue weighted by Crippen LogP contribution is -2.13. The zero-order valence-electron chi connectivity index (χ0n) is 11.8. The largest absolute Gasteiger partial charge is 0.497 e. The van der Waals surface area contributed by atoms with Crippen LogP contribution in [0.15, 0.2) is 54.1 Å². The van der Waals surface area contributed by atoms with Gasteiger partial charge in [0.15, 0.2) is 0 Å². The summed E-state index contributed by atoms with van der Waals surface area (Å²) >= 11 is 0. The van der Waals surface area contributed by atoms with Gasteiger partial charge >= 0.3 is 0 Å². The number of ether oxygens (including phenoxy) is 1. The number of rotatable bonds is 4. The molecule has 22 heavy (non-hydrogen) atoms. The van der Waals surface area contributed by atoms with Crippen LogP contribution in [0, 0.1) is 17.1 Å². The fraction of sp³-hybridized carbons (Fsp3) is 0.0588. The molecule has 0 aliphatic carbocycles. The predicted octanol–water partition coefficient (Wildman–Crippen LogP) is 3.38. The van der Waals surface area contributed by atoms with E-state index in [1.807, 2.05) is 0 Å². The molecule has 5 heteroatoms. The predicted molar refractivity (Wildman–Crippen MR) is 81.6 cm³/mol. The van der Waals surface area contributed by atoms with Crippen molar-refractivity contribution in [1.82, 2.24) is 0 Å². The fourth-order valence-electron chi connectivity index (χ4n) is 1.80. The Bertz CT molecular complexity index is 763. The molecule has 4 nitrogen and oxygen atoms in total. The van der Waals surface area contributed by atoms with Crippen LogP contribution in [-0.4, -0.2) is 13.0 Å². The van der Waals surface area contributed by atoms with E-state index in [-0.39, 0.29) is 11.1 Å². The normalized spacial score (nSPS) is 10.7. The Balaban J connectivity index is 2.23. The Morgan fingerprint density at radius 3 is 2.73 bits per heavy atom. The zero-order chi connectivity index (χ0) is 15.9. The summed E-state index contributed by atoms with van der Waals surface area (Å²) in [5, 5.41) is 11.7. The molecule has 110 valence electrons. The van der Waals surface area contributed by atoms with Crippen LogP contribution in [-0.2, 0) is 4.79 Å². The lowest BCUT2D eigenvalue weighted by molar-refractivity contribution is -0.112. The summed E-state index contributed by atoms with van der Waals surface area (Å²) in [6.45, 7) is 0. The molecule has 0 radical (unpaired) electrons. The molecule has 0 unspecified atom stereocenters. The van der Waals surface area contributed by atoms with E-state index in [4.69, 9.17) is 10.00 Å². The molecule has 0 saturated heterocycles. The SMILES string of the molecule is COc1cccc(NC(=O)/C(C#N)=C/c2ccccc2F)c1. The Kier molecular flexibility index (Phi) is 4.89. The maximum Gasteiger partial charge on any atom is 0.266 e. The highest BCUT2D eigenvalue weighted by Gasteiger charge is 2.11. The van der Waals surface area contributed by atoms with E-state index in [1.165, 1.54) is 31.4 Å². The van der Waals surface area contributed by atoms with Crippen molar-refractivity contribution in [3.05, 3.63) is 65.5 Å². The lowest BCUT2D eigenvalue weighted by Gasteiger charge is -2.06. The van der Waals surface area contributed by atoms with Crippen molar-refractivity contribution < 1.29 is 13.9 Å². The van der Waals surface area contributed by atoms with Gasteiger partial charge < -0.3 is 10.1 Å². The van der Waals surface area contributed by atoms with Crippen molar-refractivity contribution >= 4 is 17.7 Å². The molecule has 1 N–H and O–H groups in total. The molecule has 0 spiro atoms. The van der Waals surface area contributed by atoms with E-state index in [1.54, 1.807) is 36.4 Å². The molecule has 0 saturated carbocycles. The quantitative estimate of drug-likeness (QED) is 0.695. The third kappa shape index (κ3) is 3.70. The number of halogens is 1. The molecule has 2 aromatic carbocycles. The minimum absolute atomic E-state index is 0.180. The van der Waals surface area contributed by atoms with Crippen molar-refractivity contribution in [1.29, 1.82) is 5.26 Å². The Morgan fingerprint density at radius 2 is 2.05 bits per heavy atom. The van der Waals surface area contributed by atoms with Crippen LogP contribution in [0.1, 0.15) is 5.56 Å². The molecular weight excluding hydrogens is 283 g/mol. The first-order chi connectivity index (χ1) is 10.6. The van der Waals surface area contributed by atoms with Crippen molar-refractivity contribution in [2.24, 2.45) is 0 Å². The number of hydrogen-bond donors (Lipinski definition) is 1. The number of benzene rings is 2. The Hall–Kier alpha value is -3.13. The summed E-state index contributed by atoms with van der Waals surface area (Å²) in [7, 11) is 1.51. The first kappa shape index (κ1) is 15.3. The van der Waals surface area contributed by atoms with E-state index in [0.29, 0.717) is 11.4 Å². The topological polar surface area (TPSA) is 62.1 Å². The standard InChI is InChI=1S/C17H13FN2O2/c1-22-15-7-4-6-14(10-15)20-17(21)13(11-19)9-12-5-2-3-8-16(12)18/h2-10H,1H3,(H,20,21)/b13-9+. The minimum atomic E-state index is -0.612. The average Bonchev–Trinajstić information content (AvgIpc) is 2.54. The Morgan fingerprint density at radius 1 is 1.27 bits per heavy atom. The maximum atomic E-state index is 13.6. The molecule has 0 aliphatic heterocycles. The van der Waals surface area contributed by atoms with E-state index < -0.39 is 11.7 Å². The fourth-order valence-corrected chi connectivity index (χ4v) is 1.80. The molecular formula is C17H13FN2O2. The van der Waals surface area contributed by atoms with Gasteiger partial charge in [-0.1, -0.05) is 24.3 Å². The number of anilines is 1. The average molecular weight is 296 g/mol. The summed E-state index contributed by atoms with van der Waals surface area (Å²) in [5.74, 6) is -0.530.